The zero-order valence-electron chi connectivity index (χ0n) is 13.1. The second-order valence-corrected chi connectivity index (χ2v) is 6.77. The molecule has 0 aliphatic heterocycles. The van der Waals surface area contributed by atoms with E-state index in [1.807, 2.05) is 13.8 Å². The monoisotopic (exact) mass is 348 g/mol. The van der Waals surface area contributed by atoms with Gasteiger partial charge >= 0.3 is 0 Å². The molecule has 0 aliphatic carbocycles. The van der Waals surface area contributed by atoms with Crippen LogP contribution in [-0.4, -0.2) is 45.5 Å². The molecule has 0 saturated heterocycles. The maximum absolute atomic E-state index is 12.5. The van der Waals surface area contributed by atoms with Crippen LogP contribution in [0.5, 0.6) is 5.75 Å². The molecule has 1 atom stereocenters. The van der Waals surface area contributed by atoms with Crippen molar-refractivity contribution in [3.8, 4) is 5.75 Å². The Hall–Kier alpha value is -1.31. The predicted molar refractivity (Wildman–Crippen MR) is 85.7 cm³/mol. The lowest BCUT2D eigenvalue weighted by atomic mass is 10.3. The van der Waals surface area contributed by atoms with Crippen molar-refractivity contribution < 1.29 is 17.9 Å². The van der Waals surface area contributed by atoms with Crippen LogP contribution in [0, 0.1) is 0 Å². The number of carbonyl (C=O) groups excluding carboxylic acids is 1. The van der Waals surface area contributed by atoms with Gasteiger partial charge < -0.3 is 9.64 Å². The van der Waals surface area contributed by atoms with E-state index in [0.717, 1.165) is 0 Å². The summed E-state index contributed by atoms with van der Waals surface area (Å²) >= 11 is 5.85. The van der Waals surface area contributed by atoms with Crippen molar-refractivity contribution in [2.75, 3.05) is 20.2 Å². The lowest BCUT2D eigenvalue weighted by molar-refractivity contribution is -0.132. The number of rotatable bonds is 7. The zero-order valence-corrected chi connectivity index (χ0v) is 14.7. The SMILES string of the molecule is CCN(CC)C(=O)[C@H](C)NS(=O)(=O)c1cc(Cl)ccc1OC. The summed E-state index contributed by atoms with van der Waals surface area (Å²) in [5.74, 6) is -0.117. The number of carbonyl (C=O) groups is 1. The number of nitrogens with one attached hydrogen (secondary N) is 1. The number of halogens is 1. The van der Waals surface area contributed by atoms with E-state index >= 15 is 0 Å². The highest BCUT2D eigenvalue weighted by Gasteiger charge is 2.27. The summed E-state index contributed by atoms with van der Waals surface area (Å²) in [6.45, 7) is 6.21. The van der Waals surface area contributed by atoms with E-state index < -0.39 is 16.1 Å². The third kappa shape index (κ3) is 4.34. The standard InChI is InChI=1S/C14H21ClN2O4S/c1-5-17(6-2)14(18)10(3)16-22(19,20)13-9-11(15)7-8-12(13)21-4/h7-10,16H,5-6H2,1-4H3/t10-/m0/s1. The summed E-state index contributed by atoms with van der Waals surface area (Å²) in [5, 5.41) is 0.267. The summed E-state index contributed by atoms with van der Waals surface area (Å²) in [5.41, 5.74) is 0. The molecule has 0 fully saturated rings. The molecule has 0 saturated carbocycles. The van der Waals surface area contributed by atoms with Gasteiger partial charge in [-0.25, -0.2) is 8.42 Å². The first-order valence-electron chi connectivity index (χ1n) is 6.91. The van der Waals surface area contributed by atoms with Crippen LogP contribution in [0.2, 0.25) is 5.02 Å². The highest BCUT2D eigenvalue weighted by Crippen LogP contribution is 2.27. The van der Waals surface area contributed by atoms with Crippen molar-refractivity contribution in [1.29, 1.82) is 0 Å². The summed E-state index contributed by atoms with van der Waals surface area (Å²) in [6, 6.07) is 3.41. The second kappa shape index (κ2) is 7.80. The molecule has 8 heteroatoms. The Balaban J connectivity index is 3.06. The van der Waals surface area contributed by atoms with E-state index in [2.05, 4.69) is 4.72 Å². The Morgan fingerprint density at radius 1 is 1.36 bits per heavy atom. The van der Waals surface area contributed by atoms with Crippen molar-refractivity contribution in [3.63, 3.8) is 0 Å². The maximum Gasteiger partial charge on any atom is 0.245 e. The number of hydrogen-bond donors (Lipinski definition) is 1. The minimum absolute atomic E-state index is 0.0957. The Kier molecular flexibility index (Phi) is 6.65. The topological polar surface area (TPSA) is 75.7 Å². The van der Waals surface area contributed by atoms with Crippen LogP contribution in [0.3, 0.4) is 0 Å². The normalized spacial score (nSPS) is 12.8. The molecule has 0 bridgehead atoms. The molecule has 1 rings (SSSR count). The minimum atomic E-state index is -3.93. The number of hydrogen-bond acceptors (Lipinski definition) is 4. The highest BCUT2D eigenvalue weighted by atomic mass is 35.5. The van der Waals surface area contributed by atoms with Crippen molar-refractivity contribution >= 4 is 27.5 Å². The number of ether oxygens (including phenoxy) is 1. The molecular weight excluding hydrogens is 328 g/mol. The summed E-state index contributed by atoms with van der Waals surface area (Å²) in [6.07, 6.45) is 0. The van der Waals surface area contributed by atoms with Crippen LogP contribution in [-0.2, 0) is 14.8 Å². The van der Waals surface area contributed by atoms with Gasteiger partial charge in [-0.1, -0.05) is 11.6 Å². The van der Waals surface area contributed by atoms with Gasteiger partial charge in [-0.15, -0.1) is 0 Å². The molecule has 1 aromatic rings. The van der Waals surface area contributed by atoms with E-state index in [1.54, 1.807) is 4.90 Å². The molecule has 0 aromatic heterocycles. The fourth-order valence-electron chi connectivity index (χ4n) is 2.02. The highest BCUT2D eigenvalue weighted by molar-refractivity contribution is 7.89. The van der Waals surface area contributed by atoms with Gasteiger partial charge in [0.2, 0.25) is 15.9 Å². The third-order valence-corrected chi connectivity index (χ3v) is 4.99. The molecule has 22 heavy (non-hydrogen) atoms. The summed E-state index contributed by atoms with van der Waals surface area (Å²) in [7, 11) is -2.56. The van der Waals surface area contributed by atoms with Gasteiger partial charge in [0.05, 0.1) is 13.2 Å². The maximum atomic E-state index is 12.5. The van der Waals surface area contributed by atoms with Gasteiger partial charge in [-0.2, -0.15) is 4.72 Å². The zero-order chi connectivity index (χ0) is 16.9. The number of amides is 1. The minimum Gasteiger partial charge on any atom is -0.495 e. The van der Waals surface area contributed by atoms with Crippen molar-refractivity contribution in [1.82, 2.24) is 9.62 Å². The third-order valence-electron chi connectivity index (χ3n) is 3.19. The van der Waals surface area contributed by atoms with Crippen molar-refractivity contribution in [2.45, 2.75) is 31.7 Å². The number of benzene rings is 1. The summed E-state index contributed by atoms with van der Waals surface area (Å²) in [4.78, 5) is 13.6. The molecule has 0 radical (unpaired) electrons. The number of methoxy groups -OCH3 is 1. The fourth-order valence-corrected chi connectivity index (χ4v) is 3.64. The molecule has 1 aromatic carbocycles. The molecule has 0 aliphatic rings. The van der Waals surface area contributed by atoms with Crippen LogP contribution >= 0.6 is 11.6 Å². The number of nitrogens with zero attached hydrogens (tertiary/aromatic N) is 1. The van der Waals surface area contributed by atoms with Gasteiger partial charge in [-0.3, -0.25) is 4.79 Å². The second-order valence-electron chi connectivity index (χ2n) is 4.65. The fraction of sp³-hybridized carbons (Fsp3) is 0.500. The quantitative estimate of drug-likeness (QED) is 0.816. The smallest absolute Gasteiger partial charge is 0.245 e. The van der Waals surface area contributed by atoms with Gasteiger partial charge in [0, 0.05) is 18.1 Å². The van der Waals surface area contributed by atoms with Crippen LogP contribution in [0.25, 0.3) is 0 Å². The summed E-state index contributed by atoms with van der Waals surface area (Å²) < 4.78 is 32.3. The predicted octanol–water partition coefficient (Wildman–Crippen LogP) is 1.88. The molecule has 6 nitrogen and oxygen atoms in total. The van der Waals surface area contributed by atoms with Gasteiger partial charge in [-0.05, 0) is 39.0 Å². The molecule has 0 spiro atoms. The molecule has 1 amide bonds. The van der Waals surface area contributed by atoms with E-state index in [-0.39, 0.29) is 21.6 Å². The lowest BCUT2D eigenvalue weighted by Gasteiger charge is -2.23. The van der Waals surface area contributed by atoms with E-state index in [9.17, 15) is 13.2 Å². The van der Waals surface area contributed by atoms with Crippen LogP contribution in [0.15, 0.2) is 23.1 Å². The lowest BCUT2D eigenvalue weighted by Crippen LogP contribution is -2.46. The Morgan fingerprint density at radius 3 is 2.45 bits per heavy atom. The van der Waals surface area contributed by atoms with Crippen LogP contribution in [0.1, 0.15) is 20.8 Å². The largest absolute Gasteiger partial charge is 0.495 e. The van der Waals surface area contributed by atoms with Crippen LogP contribution < -0.4 is 9.46 Å². The molecule has 124 valence electrons. The van der Waals surface area contributed by atoms with Crippen LogP contribution in [0.4, 0.5) is 0 Å². The van der Waals surface area contributed by atoms with Gasteiger partial charge in [0.25, 0.3) is 0 Å². The Labute approximate surface area is 136 Å². The first-order valence-corrected chi connectivity index (χ1v) is 8.77. The Morgan fingerprint density at radius 2 is 1.95 bits per heavy atom. The molecular formula is C14H21ClN2O4S. The number of likely N-dealkylation sites (N-methyl/N-ethyl adjacent to an activating group) is 1. The van der Waals surface area contributed by atoms with E-state index in [4.69, 9.17) is 16.3 Å². The number of sulfonamides is 1. The van der Waals surface area contributed by atoms with Crippen molar-refractivity contribution in [3.05, 3.63) is 23.2 Å². The van der Waals surface area contributed by atoms with Crippen molar-refractivity contribution in [2.24, 2.45) is 0 Å². The molecule has 0 unspecified atom stereocenters. The first-order chi connectivity index (χ1) is 10.3. The average Bonchev–Trinajstić information content (AvgIpc) is 2.47. The van der Waals surface area contributed by atoms with Gasteiger partial charge in [0.1, 0.15) is 10.6 Å². The first kappa shape index (κ1) is 18.7. The molecule has 0 heterocycles. The van der Waals surface area contributed by atoms with E-state index in [1.165, 1.54) is 32.2 Å². The Bertz CT molecular complexity index is 630. The average molecular weight is 349 g/mol. The van der Waals surface area contributed by atoms with E-state index in [0.29, 0.717) is 13.1 Å². The molecule has 1 N–H and O–H groups in total. The van der Waals surface area contributed by atoms with Gasteiger partial charge in [0.15, 0.2) is 0 Å².